The summed E-state index contributed by atoms with van der Waals surface area (Å²) in [7, 11) is 0. The van der Waals surface area contributed by atoms with E-state index in [1.165, 1.54) is 6.07 Å². The molecule has 3 heteroatoms. The van der Waals surface area contributed by atoms with Crippen LogP contribution in [-0.4, -0.2) is 11.5 Å². The molecule has 2 nitrogen and oxygen atoms in total. The molecule has 1 aliphatic heterocycles. The Balaban J connectivity index is 2.43. The minimum Gasteiger partial charge on any atom is -0.312 e. The minimum absolute atomic E-state index is 0.370. The first-order valence-electron chi connectivity index (χ1n) is 3.71. The van der Waals surface area contributed by atoms with Crippen LogP contribution in [0.25, 0.3) is 0 Å². The number of pyridine rings is 1. The van der Waals surface area contributed by atoms with Crippen molar-refractivity contribution in [3.63, 3.8) is 0 Å². The molecular weight excluding hydrogens is 143 g/mol. The Morgan fingerprint density at radius 2 is 2.36 bits per heavy atom. The average molecular weight is 152 g/mol. The van der Waals surface area contributed by atoms with Gasteiger partial charge < -0.3 is 5.32 Å². The highest BCUT2D eigenvalue weighted by atomic mass is 19.1. The molecule has 0 bridgehead atoms. The first-order chi connectivity index (χ1) is 5.36. The predicted octanol–water partition coefficient (Wildman–Crippen LogP) is 0.866. The molecular formula is C8H9FN2. The summed E-state index contributed by atoms with van der Waals surface area (Å²) in [6.07, 6.45) is 0.840. The number of nitrogens with zero attached hydrogens (tertiary/aromatic N) is 1. The summed E-state index contributed by atoms with van der Waals surface area (Å²) in [5.74, 6) is -0.370. The maximum Gasteiger partial charge on any atom is 0.213 e. The third-order valence-electron chi connectivity index (χ3n) is 1.89. The maximum absolute atomic E-state index is 12.6. The van der Waals surface area contributed by atoms with Gasteiger partial charge in [0.2, 0.25) is 5.95 Å². The number of fused-ring (bicyclic) bond motifs is 1. The molecule has 2 rings (SSSR count). The molecule has 2 heterocycles. The van der Waals surface area contributed by atoms with E-state index in [1.54, 1.807) is 6.07 Å². The lowest BCUT2D eigenvalue weighted by Crippen LogP contribution is -2.24. The first kappa shape index (κ1) is 6.73. The summed E-state index contributed by atoms with van der Waals surface area (Å²) in [5.41, 5.74) is 2.03. The van der Waals surface area contributed by atoms with Crippen LogP contribution in [0, 0.1) is 5.95 Å². The van der Waals surface area contributed by atoms with Gasteiger partial charge in [0, 0.05) is 25.2 Å². The molecule has 0 spiro atoms. The van der Waals surface area contributed by atoms with E-state index in [4.69, 9.17) is 0 Å². The molecule has 0 unspecified atom stereocenters. The van der Waals surface area contributed by atoms with Crippen molar-refractivity contribution < 1.29 is 4.39 Å². The summed E-state index contributed by atoms with van der Waals surface area (Å²) in [6, 6.07) is 3.20. The van der Waals surface area contributed by atoms with Gasteiger partial charge in [0.05, 0.1) is 0 Å². The molecule has 0 amide bonds. The van der Waals surface area contributed by atoms with E-state index >= 15 is 0 Å². The van der Waals surface area contributed by atoms with Gasteiger partial charge in [-0.1, -0.05) is 6.07 Å². The third kappa shape index (κ3) is 1.24. The number of halogens is 1. The van der Waals surface area contributed by atoms with E-state index in [0.29, 0.717) is 0 Å². The molecule has 0 aromatic carbocycles. The fraction of sp³-hybridized carbons (Fsp3) is 0.375. The predicted molar refractivity (Wildman–Crippen MR) is 39.6 cm³/mol. The zero-order valence-electron chi connectivity index (χ0n) is 6.10. The van der Waals surface area contributed by atoms with Crippen LogP contribution in [0.1, 0.15) is 11.3 Å². The Kier molecular flexibility index (Phi) is 1.58. The second-order valence-corrected chi connectivity index (χ2v) is 2.67. The lowest BCUT2D eigenvalue weighted by Gasteiger charge is -2.14. The summed E-state index contributed by atoms with van der Waals surface area (Å²) in [5, 5.41) is 3.20. The van der Waals surface area contributed by atoms with Crippen molar-refractivity contribution in [3.8, 4) is 0 Å². The molecule has 1 N–H and O–H groups in total. The molecule has 0 radical (unpaired) electrons. The average Bonchev–Trinajstić information content (AvgIpc) is 2.04. The van der Waals surface area contributed by atoms with Crippen molar-refractivity contribution in [3.05, 3.63) is 29.3 Å². The molecule has 11 heavy (non-hydrogen) atoms. The first-order valence-corrected chi connectivity index (χ1v) is 3.71. The van der Waals surface area contributed by atoms with Gasteiger partial charge in [0.15, 0.2) is 0 Å². The van der Waals surface area contributed by atoms with Gasteiger partial charge in [-0.2, -0.15) is 4.39 Å². The number of nitrogens with one attached hydrogen (secondary N) is 1. The van der Waals surface area contributed by atoms with Crippen LogP contribution in [0.4, 0.5) is 4.39 Å². The van der Waals surface area contributed by atoms with Crippen molar-refractivity contribution in [1.29, 1.82) is 0 Å². The fourth-order valence-electron chi connectivity index (χ4n) is 1.31. The number of rotatable bonds is 0. The van der Waals surface area contributed by atoms with Crippen molar-refractivity contribution in [2.75, 3.05) is 6.54 Å². The molecule has 0 fully saturated rings. The minimum atomic E-state index is -0.370. The number of hydrogen-bond acceptors (Lipinski definition) is 2. The van der Waals surface area contributed by atoms with Crippen LogP contribution in [0.3, 0.4) is 0 Å². The Labute approximate surface area is 64.5 Å². The van der Waals surface area contributed by atoms with E-state index < -0.39 is 0 Å². The fourth-order valence-corrected chi connectivity index (χ4v) is 1.31. The van der Waals surface area contributed by atoms with Crippen LogP contribution in [0.15, 0.2) is 12.1 Å². The molecule has 1 aromatic heterocycles. The number of hydrogen-bond donors (Lipinski definition) is 1. The highest BCUT2D eigenvalue weighted by molar-refractivity contribution is 5.22. The largest absolute Gasteiger partial charge is 0.312 e. The summed E-state index contributed by atoms with van der Waals surface area (Å²) in [6.45, 7) is 1.73. The van der Waals surface area contributed by atoms with Crippen molar-refractivity contribution >= 4 is 0 Å². The van der Waals surface area contributed by atoms with Gasteiger partial charge >= 0.3 is 0 Å². The van der Waals surface area contributed by atoms with Gasteiger partial charge in [0.1, 0.15) is 0 Å². The van der Waals surface area contributed by atoms with Crippen molar-refractivity contribution in [2.45, 2.75) is 13.0 Å². The second-order valence-electron chi connectivity index (χ2n) is 2.67. The van der Waals surface area contributed by atoms with Crippen molar-refractivity contribution in [2.24, 2.45) is 0 Å². The molecule has 58 valence electrons. The number of aromatic nitrogens is 1. The van der Waals surface area contributed by atoms with E-state index in [9.17, 15) is 4.39 Å². The molecule has 1 aromatic rings. The van der Waals surface area contributed by atoms with E-state index in [0.717, 1.165) is 30.8 Å². The van der Waals surface area contributed by atoms with Gasteiger partial charge in [-0.25, -0.2) is 4.98 Å². The highest BCUT2D eigenvalue weighted by Crippen LogP contribution is 2.10. The third-order valence-corrected chi connectivity index (χ3v) is 1.89. The molecule has 0 atom stereocenters. The standard InChI is InChI=1S/C8H9FN2/c9-8-2-1-6-5-10-4-3-7(6)11-8/h1-2,10H,3-5H2. The van der Waals surface area contributed by atoms with E-state index in [-0.39, 0.29) is 5.95 Å². The lowest BCUT2D eigenvalue weighted by molar-refractivity contribution is 0.555. The quantitative estimate of drug-likeness (QED) is 0.558. The summed E-state index contributed by atoms with van der Waals surface area (Å²) in [4.78, 5) is 3.81. The van der Waals surface area contributed by atoms with Gasteiger partial charge in [0.25, 0.3) is 0 Å². The van der Waals surface area contributed by atoms with Crippen LogP contribution >= 0.6 is 0 Å². The Bertz CT molecular complexity index is 273. The van der Waals surface area contributed by atoms with Crippen molar-refractivity contribution in [1.82, 2.24) is 10.3 Å². The summed E-state index contributed by atoms with van der Waals surface area (Å²) >= 11 is 0. The maximum atomic E-state index is 12.6. The van der Waals surface area contributed by atoms with E-state index in [1.807, 2.05) is 0 Å². The van der Waals surface area contributed by atoms with Crippen LogP contribution < -0.4 is 5.32 Å². The Morgan fingerprint density at radius 1 is 1.45 bits per heavy atom. The zero-order valence-corrected chi connectivity index (χ0v) is 6.10. The van der Waals surface area contributed by atoms with Gasteiger partial charge in [-0.15, -0.1) is 0 Å². The van der Waals surface area contributed by atoms with Gasteiger partial charge in [-0.3, -0.25) is 0 Å². The molecule has 1 aliphatic rings. The van der Waals surface area contributed by atoms with Crippen LogP contribution in [-0.2, 0) is 13.0 Å². The SMILES string of the molecule is Fc1ccc2c(n1)CCNC2. The smallest absolute Gasteiger partial charge is 0.213 e. The molecule has 0 aliphatic carbocycles. The Hall–Kier alpha value is -0.960. The molecule has 0 saturated heterocycles. The second kappa shape index (κ2) is 2.58. The van der Waals surface area contributed by atoms with Crippen LogP contribution in [0.2, 0.25) is 0 Å². The topological polar surface area (TPSA) is 24.9 Å². The lowest BCUT2D eigenvalue weighted by atomic mass is 10.1. The zero-order chi connectivity index (χ0) is 7.68. The van der Waals surface area contributed by atoms with Crippen LogP contribution in [0.5, 0.6) is 0 Å². The summed E-state index contributed by atoms with van der Waals surface area (Å²) < 4.78 is 12.6. The highest BCUT2D eigenvalue weighted by Gasteiger charge is 2.09. The van der Waals surface area contributed by atoms with E-state index in [2.05, 4.69) is 10.3 Å². The molecule has 0 saturated carbocycles. The van der Waals surface area contributed by atoms with Gasteiger partial charge in [-0.05, 0) is 11.6 Å². The normalized spacial score (nSPS) is 16.1. The Morgan fingerprint density at radius 3 is 3.27 bits per heavy atom. The monoisotopic (exact) mass is 152 g/mol.